The summed E-state index contributed by atoms with van der Waals surface area (Å²) >= 11 is 0. The number of para-hydroxylation sites is 1. The van der Waals surface area contributed by atoms with Gasteiger partial charge in [0.15, 0.2) is 23.0 Å². The lowest BCUT2D eigenvalue weighted by Crippen LogP contribution is -2.33. The zero-order valence-corrected chi connectivity index (χ0v) is 20.9. The van der Waals surface area contributed by atoms with Crippen molar-refractivity contribution in [3.63, 3.8) is 0 Å². The maximum absolute atomic E-state index is 13.7. The molecule has 0 spiro atoms. The minimum Gasteiger partial charge on any atom is -0.503 e. The van der Waals surface area contributed by atoms with E-state index in [0.29, 0.717) is 23.5 Å². The number of hydrogen-bond donors (Lipinski definition) is 1. The molecule has 0 fully saturated rings. The number of ketones is 1. The zero-order valence-electron chi connectivity index (χ0n) is 20.9. The third-order valence-corrected chi connectivity index (χ3v) is 6.64. The van der Waals surface area contributed by atoms with Crippen LogP contribution < -0.4 is 9.47 Å². The van der Waals surface area contributed by atoms with Crippen molar-refractivity contribution in [2.75, 3.05) is 20.8 Å². The van der Waals surface area contributed by atoms with Crippen molar-refractivity contribution in [2.24, 2.45) is 0 Å². The van der Waals surface area contributed by atoms with Crippen molar-refractivity contribution in [3.8, 4) is 11.5 Å². The van der Waals surface area contributed by atoms with Crippen molar-refractivity contribution in [2.45, 2.75) is 19.4 Å². The summed E-state index contributed by atoms with van der Waals surface area (Å²) in [5.41, 5.74) is 3.22. The van der Waals surface area contributed by atoms with Gasteiger partial charge >= 0.3 is 0 Å². The number of hydrogen-bond acceptors (Lipinski definition) is 6. The molecule has 1 unspecified atom stereocenters. The third kappa shape index (κ3) is 4.44. The van der Waals surface area contributed by atoms with Crippen LogP contribution in [0.5, 0.6) is 11.5 Å². The maximum atomic E-state index is 13.7. The Balaban J connectivity index is 1.51. The number of Topliss-reactive ketones (excluding diaryl/α,β-unsaturated/α-hetero) is 1. The number of rotatable bonds is 8. The number of aryl methyl sites for hydroxylation is 1. The molecule has 1 aliphatic heterocycles. The highest BCUT2D eigenvalue weighted by atomic mass is 16.5. The SMILES string of the molecule is COc1ccc(CCN2C(=O)C(O)=C(C(=O)c3cc4ccccc4o3)C2c2cccc(C)c2)cc1OC. The van der Waals surface area contributed by atoms with Gasteiger partial charge in [-0.2, -0.15) is 0 Å². The minimum atomic E-state index is -0.756. The highest BCUT2D eigenvalue weighted by Gasteiger charge is 2.44. The summed E-state index contributed by atoms with van der Waals surface area (Å²) in [6, 6.07) is 21.3. The monoisotopic (exact) mass is 497 g/mol. The fourth-order valence-electron chi connectivity index (χ4n) is 4.82. The summed E-state index contributed by atoms with van der Waals surface area (Å²) in [5, 5.41) is 11.7. The summed E-state index contributed by atoms with van der Waals surface area (Å²) in [6.07, 6.45) is 0.480. The Bertz CT molecular complexity index is 1500. The summed E-state index contributed by atoms with van der Waals surface area (Å²) in [5.74, 6) is -0.378. The molecule has 7 nitrogen and oxygen atoms in total. The molecule has 4 aromatic rings. The topological polar surface area (TPSA) is 89.2 Å². The number of nitrogens with zero attached hydrogens (tertiary/aromatic N) is 1. The van der Waals surface area contributed by atoms with Gasteiger partial charge in [-0.1, -0.05) is 54.1 Å². The molecule has 1 aliphatic rings. The van der Waals surface area contributed by atoms with Gasteiger partial charge in [0.1, 0.15) is 5.58 Å². The van der Waals surface area contributed by atoms with Crippen LogP contribution in [-0.2, 0) is 11.2 Å². The molecule has 0 saturated carbocycles. The number of carbonyl (C=O) groups is 2. The van der Waals surface area contributed by atoms with E-state index in [1.54, 1.807) is 26.4 Å². The number of ether oxygens (including phenoxy) is 2. The highest BCUT2D eigenvalue weighted by molar-refractivity contribution is 6.16. The van der Waals surface area contributed by atoms with Gasteiger partial charge < -0.3 is 23.9 Å². The summed E-state index contributed by atoms with van der Waals surface area (Å²) < 4.78 is 16.5. The van der Waals surface area contributed by atoms with Crippen molar-refractivity contribution in [1.29, 1.82) is 0 Å². The molecule has 1 N–H and O–H groups in total. The Morgan fingerprint density at radius 2 is 1.76 bits per heavy atom. The average Bonchev–Trinajstić information content (AvgIpc) is 3.46. The van der Waals surface area contributed by atoms with Gasteiger partial charge in [-0.05, 0) is 48.7 Å². The zero-order chi connectivity index (χ0) is 26.1. The van der Waals surface area contributed by atoms with E-state index in [4.69, 9.17) is 13.9 Å². The molecule has 0 bridgehead atoms. The van der Waals surface area contributed by atoms with E-state index in [2.05, 4.69) is 0 Å². The van der Waals surface area contributed by atoms with Crippen molar-refractivity contribution >= 4 is 22.7 Å². The van der Waals surface area contributed by atoms with E-state index in [9.17, 15) is 14.7 Å². The number of methoxy groups -OCH3 is 2. The molecule has 3 aromatic carbocycles. The number of aliphatic hydroxyl groups is 1. The molecule has 0 radical (unpaired) electrons. The van der Waals surface area contributed by atoms with Crippen molar-refractivity contribution in [1.82, 2.24) is 4.90 Å². The number of benzene rings is 3. The average molecular weight is 498 g/mol. The van der Waals surface area contributed by atoms with Crippen LogP contribution in [0.15, 0.2) is 88.5 Å². The van der Waals surface area contributed by atoms with Gasteiger partial charge in [-0.15, -0.1) is 0 Å². The van der Waals surface area contributed by atoms with Crippen LogP contribution in [0.4, 0.5) is 0 Å². The Morgan fingerprint density at radius 1 is 0.973 bits per heavy atom. The van der Waals surface area contributed by atoms with Crippen molar-refractivity contribution < 1.29 is 28.6 Å². The van der Waals surface area contributed by atoms with Gasteiger partial charge in [0.05, 0.1) is 25.8 Å². The quantitative estimate of drug-likeness (QED) is 0.320. The fraction of sp³-hybridized carbons (Fsp3) is 0.200. The minimum absolute atomic E-state index is 0.0157. The van der Waals surface area contributed by atoms with Crippen LogP contribution in [-0.4, -0.2) is 42.5 Å². The first-order valence-corrected chi connectivity index (χ1v) is 12.0. The molecule has 1 atom stereocenters. The normalized spacial score (nSPS) is 15.5. The Morgan fingerprint density at radius 3 is 2.49 bits per heavy atom. The molecular weight excluding hydrogens is 470 g/mol. The van der Waals surface area contributed by atoms with Crippen LogP contribution >= 0.6 is 0 Å². The van der Waals surface area contributed by atoms with E-state index < -0.39 is 23.5 Å². The van der Waals surface area contributed by atoms with E-state index >= 15 is 0 Å². The lowest BCUT2D eigenvalue weighted by molar-refractivity contribution is -0.129. The molecule has 0 aliphatic carbocycles. The fourth-order valence-corrected chi connectivity index (χ4v) is 4.82. The predicted octanol–water partition coefficient (Wildman–Crippen LogP) is 5.58. The van der Waals surface area contributed by atoms with Crippen LogP contribution in [0.2, 0.25) is 0 Å². The van der Waals surface area contributed by atoms with E-state index in [-0.39, 0.29) is 17.9 Å². The number of carbonyl (C=O) groups excluding carboxylic acids is 2. The lowest BCUT2D eigenvalue weighted by Gasteiger charge is -2.27. The maximum Gasteiger partial charge on any atom is 0.290 e. The predicted molar refractivity (Wildman–Crippen MR) is 139 cm³/mol. The molecule has 0 saturated heterocycles. The van der Waals surface area contributed by atoms with E-state index in [1.165, 1.54) is 4.90 Å². The van der Waals surface area contributed by atoms with Gasteiger partial charge in [0.25, 0.3) is 5.91 Å². The second-order valence-electron chi connectivity index (χ2n) is 8.99. The molecule has 1 aromatic heterocycles. The molecule has 5 rings (SSSR count). The Labute approximate surface area is 214 Å². The van der Waals surface area contributed by atoms with Crippen LogP contribution in [0.25, 0.3) is 11.0 Å². The molecular formula is C30H27NO6. The first-order valence-electron chi connectivity index (χ1n) is 12.0. The number of fused-ring (bicyclic) bond motifs is 1. The Hall–Kier alpha value is -4.52. The smallest absolute Gasteiger partial charge is 0.290 e. The molecule has 188 valence electrons. The van der Waals surface area contributed by atoms with Crippen LogP contribution in [0.1, 0.15) is 33.3 Å². The first kappa shape index (κ1) is 24.2. The van der Waals surface area contributed by atoms with Gasteiger partial charge in [-0.25, -0.2) is 0 Å². The second-order valence-corrected chi connectivity index (χ2v) is 8.99. The van der Waals surface area contributed by atoms with Crippen LogP contribution in [0.3, 0.4) is 0 Å². The Kier molecular flexibility index (Phi) is 6.44. The standard InChI is InChI=1S/C30H27NO6/c1-18-7-6-9-21(15-18)27-26(28(32)25-17-20-8-4-5-10-22(20)37-25)29(33)30(34)31(27)14-13-19-11-12-23(35-2)24(16-19)36-3/h4-12,15-17,27,33H,13-14H2,1-3H3. The number of aliphatic hydroxyl groups excluding tert-OH is 1. The van der Waals surface area contributed by atoms with E-state index in [0.717, 1.165) is 22.1 Å². The second kappa shape index (κ2) is 9.85. The molecule has 1 amide bonds. The third-order valence-electron chi connectivity index (χ3n) is 6.64. The van der Waals surface area contributed by atoms with E-state index in [1.807, 2.05) is 67.6 Å². The first-order chi connectivity index (χ1) is 17.9. The largest absolute Gasteiger partial charge is 0.503 e. The van der Waals surface area contributed by atoms with Gasteiger partial charge in [0.2, 0.25) is 5.78 Å². The highest BCUT2D eigenvalue weighted by Crippen LogP contribution is 2.40. The molecule has 37 heavy (non-hydrogen) atoms. The van der Waals surface area contributed by atoms with Crippen LogP contribution in [0, 0.1) is 6.92 Å². The lowest BCUT2D eigenvalue weighted by atomic mass is 9.94. The summed E-state index contributed by atoms with van der Waals surface area (Å²) in [7, 11) is 3.14. The number of amides is 1. The van der Waals surface area contributed by atoms with Crippen molar-refractivity contribution in [3.05, 3.63) is 107 Å². The number of furan rings is 1. The summed E-state index contributed by atoms with van der Waals surface area (Å²) in [6.45, 7) is 2.21. The molecule has 2 heterocycles. The van der Waals surface area contributed by atoms with Gasteiger partial charge in [-0.3, -0.25) is 9.59 Å². The summed E-state index contributed by atoms with van der Waals surface area (Å²) in [4.78, 5) is 28.6. The molecule has 7 heteroatoms. The van der Waals surface area contributed by atoms with Gasteiger partial charge in [0, 0.05) is 11.9 Å².